The molecular weight excluding hydrogens is 436 g/mol. The first kappa shape index (κ1) is 24.6. The molecule has 0 aliphatic carbocycles. The van der Waals surface area contributed by atoms with E-state index in [-0.39, 0.29) is 18.0 Å². The first-order valence-electron chi connectivity index (χ1n) is 10.5. The van der Waals surface area contributed by atoms with E-state index in [1.165, 1.54) is 14.2 Å². The maximum absolute atomic E-state index is 12.4. The van der Waals surface area contributed by atoms with Crippen molar-refractivity contribution in [3.05, 3.63) is 59.3 Å². The summed E-state index contributed by atoms with van der Waals surface area (Å²) >= 11 is 0. The van der Waals surface area contributed by atoms with Gasteiger partial charge in [0.2, 0.25) is 0 Å². The Balaban J connectivity index is 2.06. The molecule has 1 aromatic heterocycles. The van der Waals surface area contributed by atoms with Gasteiger partial charge in [0, 0.05) is 36.5 Å². The lowest BCUT2D eigenvalue weighted by Gasteiger charge is -2.17. The Morgan fingerprint density at radius 1 is 1.26 bits per heavy atom. The molecule has 0 aliphatic rings. The van der Waals surface area contributed by atoms with Gasteiger partial charge in [-0.2, -0.15) is 5.10 Å². The summed E-state index contributed by atoms with van der Waals surface area (Å²) in [6.45, 7) is 0.498. The minimum atomic E-state index is -1.76. The van der Waals surface area contributed by atoms with Crippen LogP contribution >= 0.6 is 0 Å². The summed E-state index contributed by atoms with van der Waals surface area (Å²) in [5.74, 6) is 4.58. The fourth-order valence-electron chi connectivity index (χ4n) is 3.29. The van der Waals surface area contributed by atoms with Crippen molar-refractivity contribution in [3.63, 3.8) is 0 Å². The minimum Gasteiger partial charge on any atom is -0.464 e. The van der Waals surface area contributed by atoms with Gasteiger partial charge >= 0.3 is 5.97 Å². The van der Waals surface area contributed by atoms with Gasteiger partial charge in [0.1, 0.15) is 0 Å². The number of nitrogens with zero attached hydrogens (tertiary/aromatic N) is 3. The Labute approximate surface area is 197 Å². The van der Waals surface area contributed by atoms with Gasteiger partial charge in [-0.05, 0) is 50.5 Å². The average molecular weight is 463 g/mol. The number of carbonyl (C=O) groups excluding carboxylic acids is 3. The summed E-state index contributed by atoms with van der Waals surface area (Å²) in [6.07, 6.45) is 0.622. The number of aldehydes is 1. The van der Waals surface area contributed by atoms with E-state index in [1.807, 2.05) is 19.0 Å². The lowest BCUT2D eigenvalue weighted by Crippen LogP contribution is -2.33. The molecular formula is C25H26N4O5. The molecule has 0 fully saturated rings. The second-order valence-corrected chi connectivity index (χ2v) is 7.96. The molecule has 34 heavy (non-hydrogen) atoms. The zero-order chi connectivity index (χ0) is 24.9. The highest BCUT2D eigenvalue weighted by molar-refractivity contribution is 6.05. The first-order chi connectivity index (χ1) is 16.2. The number of benzene rings is 2. The van der Waals surface area contributed by atoms with Gasteiger partial charge in [0.15, 0.2) is 17.6 Å². The number of nitrogens with one attached hydrogen (secondary N) is 1. The lowest BCUT2D eigenvalue weighted by molar-refractivity contribution is -0.119. The van der Waals surface area contributed by atoms with Crippen molar-refractivity contribution in [2.75, 3.05) is 34.8 Å². The Bertz CT molecular complexity index is 1300. The lowest BCUT2D eigenvalue weighted by atomic mass is 10.0. The molecule has 176 valence electrons. The first-order valence-corrected chi connectivity index (χ1v) is 10.5. The maximum Gasteiger partial charge on any atom is 0.359 e. The van der Waals surface area contributed by atoms with Crippen molar-refractivity contribution in [1.82, 2.24) is 20.0 Å². The van der Waals surface area contributed by atoms with Gasteiger partial charge in [-0.3, -0.25) is 9.59 Å². The third kappa shape index (κ3) is 5.31. The molecule has 3 rings (SSSR count). The molecule has 0 bridgehead atoms. The highest BCUT2D eigenvalue weighted by Gasteiger charge is 2.23. The Morgan fingerprint density at radius 3 is 2.68 bits per heavy atom. The van der Waals surface area contributed by atoms with Crippen LogP contribution in [0.3, 0.4) is 0 Å². The SMILES string of the molecule is CNC(=O)c1ccc2c(c1)c(C(=O)OC)nn2-c1cccc(C#C[C@@](O)(C=O)CCN(C)C)c1. The van der Waals surface area contributed by atoms with Gasteiger partial charge in [0.25, 0.3) is 5.91 Å². The molecule has 3 aromatic rings. The molecule has 1 heterocycles. The van der Waals surface area contributed by atoms with Crippen molar-refractivity contribution < 1.29 is 24.2 Å². The number of rotatable bonds is 7. The molecule has 2 N–H and O–H groups in total. The van der Waals surface area contributed by atoms with Crippen LogP contribution in [0, 0.1) is 11.8 Å². The monoisotopic (exact) mass is 462 g/mol. The van der Waals surface area contributed by atoms with E-state index in [0.29, 0.717) is 40.5 Å². The Morgan fingerprint density at radius 2 is 2.03 bits per heavy atom. The third-order valence-corrected chi connectivity index (χ3v) is 5.20. The number of aromatic nitrogens is 2. The number of methoxy groups -OCH3 is 1. The summed E-state index contributed by atoms with van der Waals surface area (Å²) in [5, 5.41) is 17.9. The molecule has 0 saturated carbocycles. The largest absolute Gasteiger partial charge is 0.464 e. The van der Waals surface area contributed by atoms with Gasteiger partial charge in [-0.15, -0.1) is 0 Å². The summed E-state index contributed by atoms with van der Waals surface area (Å²) in [5.41, 5.74) is 0.431. The molecule has 9 heteroatoms. The summed E-state index contributed by atoms with van der Waals surface area (Å²) in [7, 11) is 6.47. The predicted octanol–water partition coefficient (Wildman–Crippen LogP) is 1.40. The highest BCUT2D eigenvalue weighted by atomic mass is 16.5. The van der Waals surface area contributed by atoms with Gasteiger partial charge in [-0.25, -0.2) is 9.48 Å². The second-order valence-electron chi connectivity index (χ2n) is 7.96. The van der Waals surface area contributed by atoms with Crippen LogP contribution in [0.25, 0.3) is 16.6 Å². The number of carbonyl (C=O) groups is 3. The molecule has 0 saturated heterocycles. The molecule has 0 unspecified atom stereocenters. The number of esters is 1. The van der Waals surface area contributed by atoms with Crippen LogP contribution in [0.4, 0.5) is 0 Å². The van der Waals surface area contributed by atoms with Crippen molar-refractivity contribution >= 4 is 29.1 Å². The van der Waals surface area contributed by atoms with Crippen molar-refractivity contribution in [1.29, 1.82) is 0 Å². The summed E-state index contributed by atoms with van der Waals surface area (Å²) in [6, 6.07) is 11.9. The normalized spacial score (nSPS) is 12.5. The fourth-order valence-corrected chi connectivity index (χ4v) is 3.29. The fraction of sp³-hybridized carbons (Fsp3) is 0.280. The van der Waals surface area contributed by atoms with Crippen LogP contribution in [0.1, 0.15) is 32.8 Å². The smallest absolute Gasteiger partial charge is 0.359 e. The topological polar surface area (TPSA) is 114 Å². The number of aliphatic hydroxyl groups is 1. The zero-order valence-corrected chi connectivity index (χ0v) is 19.5. The van der Waals surface area contributed by atoms with Crippen LogP contribution < -0.4 is 5.32 Å². The number of hydrogen-bond donors (Lipinski definition) is 2. The van der Waals surface area contributed by atoms with Crippen molar-refractivity contribution in [3.8, 4) is 17.5 Å². The van der Waals surface area contributed by atoms with Gasteiger partial charge in [-0.1, -0.05) is 17.9 Å². The molecule has 2 aromatic carbocycles. The highest BCUT2D eigenvalue weighted by Crippen LogP contribution is 2.25. The average Bonchev–Trinajstić information content (AvgIpc) is 3.24. The van der Waals surface area contributed by atoms with Gasteiger partial charge < -0.3 is 20.1 Å². The van der Waals surface area contributed by atoms with Gasteiger partial charge in [0.05, 0.1) is 18.3 Å². The minimum absolute atomic E-state index is 0.0683. The van der Waals surface area contributed by atoms with Crippen LogP contribution in [0.2, 0.25) is 0 Å². The number of amides is 1. The molecule has 0 radical (unpaired) electrons. The van der Waals surface area contributed by atoms with Crippen LogP contribution in [-0.4, -0.2) is 78.3 Å². The molecule has 0 spiro atoms. The number of hydrogen-bond acceptors (Lipinski definition) is 7. The van der Waals surface area contributed by atoms with Crippen molar-refractivity contribution in [2.45, 2.75) is 12.0 Å². The summed E-state index contributed by atoms with van der Waals surface area (Å²) < 4.78 is 6.42. The van der Waals surface area contributed by atoms with E-state index >= 15 is 0 Å². The quantitative estimate of drug-likeness (QED) is 0.310. The van der Waals surface area contributed by atoms with E-state index in [9.17, 15) is 19.5 Å². The van der Waals surface area contributed by atoms with E-state index in [1.54, 1.807) is 47.1 Å². The molecule has 1 atom stereocenters. The molecule has 0 aliphatic heterocycles. The Kier molecular flexibility index (Phi) is 7.46. The molecule has 1 amide bonds. The Hall–Kier alpha value is -4.00. The number of ether oxygens (including phenoxy) is 1. The second kappa shape index (κ2) is 10.3. The predicted molar refractivity (Wildman–Crippen MR) is 127 cm³/mol. The standard InChI is InChI=1S/C25H26N4O5/c1-26-23(31)18-8-9-21-20(15-18)22(24(32)34-4)27-29(21)19-7-5-6-17(14-19)10-11-25(33,16-30)12-13-28(2)3/h5-9,14-16,33H,12-13H2,1-4H3,(H,26,31)/t25-/m0/s1. The molecule has 9 nitrogen and oxygen atoms in total. The summed E-state index contributed by atoms with van der Waals surface area (Å²) in [4.78, 5) is 37.7. The van der Waals surface area contributed by atoms with E-state index in [0.717, 1.165) is 0 Å². The van der Waals surface area contributed by atoms with E-state index in [4.69, 9.17) is 4.74 Å². The van der Waals surface area contributed by atoms with Crippen LogP contribution in [0.15, 0.2) is 42.5 Å². The third-order valence-electron chi connectivity index (χ3n) is 5.20. The maximum atomic E-state index is 12.4. The van der Waals surface area contributed by atoms with Crippen LogP contribution in [0.5, 0.6) is 0 Å². The van der Waals surface area contributed by atoms with Crippen LogP contribution in [-0.2, 0) is 9.53 Å². The number of fused-ring (bicyclic) bond motifs is 1. The van der Waals surface area contributed by atoms with Crippen molar-refractivity contribution in [2.24, 2.45) is 0 Å². The van der Waals surface area contributed by atoms with E-state index in [2.05, 4.69) is 22.3 Å². The zero-order valence-electron chi connectivity index (χ0n) is 19.5. The van der Waals surface area contributed by atoms with E-state index < -0.39 is 11.6 Å².